The lowest BCUT2D eigenvalue weighted by atomic mass is 10.3. The molecule has 0 bridgehead atoms. The van der Waals surface area contributed by atoms with Crippen LogP contribution in [0.5, 0.6) is 0 Å². The first-order valence-electron chi connectivity index (χ1n) is 5.29. The van der Waals surface area contributed by atoms with Crippen molar-refractivity contribution < 1.29 is 9.84 Å². The number of rotatable bonds is 7. The number of thiophene rings is 1. The summed E-state index contributed by atoms with van der Waals surface area (Å²) in [5.41, 5.74) is 0. The molecule has 0 aliphatic rings. The van der Waals surface area contributed by atoms with E-state index in [1.54, 1.807) is 11.3 Å². The van der Waals surface area contributed by atoms with E-state index in [0.717, 1.165) is 11.0 Å². The molecular formula is C11H18BrNO2S. The predicted molar refractivity (Wildman–Crippen MR) is 70.9 cm³/mol. The fourth-order valence-electron chi connectivity index (χ4n) is 1.43. The Hall–Kier alpha value is 0.0600. The molecule has 0 aliphatic heterocycles. The largest absolute Gasteiger partial charge is 0.389 e. The summed E-state index contributed by atoms with van der Waals surface area (Å²) in [5, 5.41) is 11.7. The summed E-state index contributed by atoms with van der Waals surface area (Å²) < 4.78 is 6.29. The Morgan fingerprint density at radius 3 is 2.94 bits per heavy atom. The van der Waals surface area contributed by atoms with Gasteiger partial charge in [0.05, 0.1) is 12.7 Å². The molecule has 1 N–H and O–H groups in total. The third-order valence-corrected chi connectivity index (χ3v) is 3.77. The lowest BCUT2D eigenvalue weighted by molar-refractivity contribution is 0.0245. The van der Waals surface area contributed by atoms with Gasteiger partial charge in [0.15, 0.2) is 0 Å². The molecule has 0 amide bonds. The molecule has 16 heavy (non-hydrogen) atoms. The van der Waals surface area contributed by atoms with Crippen LogP contribution in [0.4, 0.5) is 0 Å². The molecule has 0 saturated heterocycles. The minimum atomic E-state index is -0.409. The van der Waals surface area contributed by atoms with Crippen LogP contribution >= 0.6 is 27.3 Å². The molecule has 0 fully saturated rings. The van der Waals surface area contributed by atoms with Crippen LogP contribution in [0, 0.1) is 0 Å². The summed E-state index contributed by atoms with van der Waals surface area (Å²) in [4.78, 5) is 3.39. The molecule has 1 rings (SSSR count). The molecule has 1 aromatic heterocycles. The van der Waals surface area contributed by atoms with Crippen molar-refractivity contribution in [3.05, 3.63) is 20.8 Å². The Morgan fingerprint density at radius 2 is 2.38 bits per heavy atom. The highest BCUT2D eigenvalue weighted by molar-refractivity contribution is 9.10. The average Bonchev–Trinajstić information content (AvgIpc) is 2.60. The van der Waals surface area contributed by atoms with Crippen molar-refractivity contribution in [3.8, 4) is 0 Å². The van der Waals surface area contributed by atoms with E-state index in [-0.39, 0.29) is 0 Å². The Labute approximate surface area is 109 Å². The minimum absolute atomic E-state index is 0.409. The lowest BCUT2D eigenvalue weighted by Crippen LogP contribution is -2.31. The van der Waals surface area contributed by atoms with Gasteiger partial charge in [-0.3, -0.25) is 4.90 Å². The van der Waals surface area contributed by atoms with Crippen LogP contribution in [0.25, 0.3) is 0 Å². The van der Waals surface area contributed by atoms with Gasteiger partial charge in [0.25, 0.3) is 0 Å². The van der Waals surface area contributed by atoms with Crippen molar-refractivity contribution >= 4 is 27.3 Å². The smallest absolute Gasteiger partial charge is 0.0900 e. The fourth-order valence-corrected chi connectivity index (χ4v) is 2.96. The van der Waals surface area contributed by atoms with Gasteiger partial charge in [-0.1, -0.05) is 0 Å². The highest BCUT2D eigenvalue weighted by Crippen LogP contribution is 2.20. The second kappa shape index (κ2) is 7.40. The van der Waals surface area contributed by atoms with Crippen molar-refractivity contribution in [3.63, 3.8) is 0 Å². The van der Waals surface area contributed by atoms with Crippen LogP contribution < -0.4 is 0 Å². The summed E-state index contributed by atoms with van der Waals surface area (Å²) >= 11 is 5.15. The molecule has 0 saturated carbocycles. The van der Waals surface area contributed by atoms with Crippen molar-refractivity contribution in [1.29, 1.82) is 0 Å². The normalized spacial score (nSPS) is 13.3. The second-order valence-electron chi connectivity index (χ2n) is 3.74. The van der Waals surface area contributed by atoms with Gasteiger partial charge in [-0.25, -0.2) is 0 Å². The number of hydrogen-bond acceptors (Lipinski definition) is 4. The Kier molecular flexibility index (Phi) is 6.53. The van der Waals surface area contributed by atoms with E-state index in [4.69, 9.17) is 4.74 Å². The first kappa shape index (κ1) is 14.1. The molecular weight excluding hydrogens is 290 g/mol. The average molecular weight is 308 g/mol. The van der Waals surface area contributed by atoms with Crippen LogP contribution in [-0.4, -0.2) is 42.9 Å². The van der Waals surface area contributed by atoms with Crippen LogP contribution in [0.1, 0.15) is 11.8 Å². The van der Waals surface area contributed by atoms with Gasteiger partial charge in [-0.05, 0) is 36.0 Å². The molecule has 5 heteroatoms. The SMILES string of the molecule is CCOCC(O)CN(C)Cc1cc(Br)cs1. The van der Waals surface area contributed by atoms with E-state index >= 15 is 0 Å². The Bertz CT molecular complexity index is 306. The number of nitrogens with zero attached hydrogens (tertiary/aromatic N) is 1. The van der Waals surface area contributed by atoms with Gasteiger partial charge in [0.2, 0.25) is 0 Å². The number of aliphatic hydroxyl groups excluding tert-OH is 1. The molecule has 0 spiro atoms. The Morgan fingerprint density at radius 1 is 1.62 bits per heavy atom. The molecule has 92 valence electrons. The van der Waals surface area contributed by atoms with Crippen LogP contribution in [0.2, 0.25) is 0 Å². The number of ether oxygens (including phenoxy) is 1. The van der Waals surface area contributed by atoms with Gasteiger partial charge in [-0.2, -0.15) is 0 Å². The van der Waals surface area contributed by atoms with Crippen LogP contribution in [0.3, 0.4) is 0 Å². The van der Waals surface area contributed by atoms with Crippen molar-refractivity contribution in [1.82, 2.24) is 4.90 Å². The van der Waals surface area contributed by atoms with Gasteiger partial charge in [0, 0.05) is 34.4 Å². The first-order valence-corrected chi connectivity index (χ1v) is 6.96. The van der Waals surface area contributed by atoms with Gasteiger partial charge < -0.3 is 9.84 Å². The molecule has 0 aromatic carbocycles. The maximum atomic E-state index is 9.66. The highest BCUT2D eigenvalue weighted by Gasteiger charge is 2.09. The fraction of sp³-hybridized carbons (Fsp3) is 0.636. The van der Waals surface area contributed by atoms with E-state index < -0.39 is 6.10 Å². The molecule has 0 aliphatic carbocycles. The number of likely N-dealkylation sites (N-methyl/N-ethyl adjacent to an activating group) is 1. The van der Waals surface area contributed by atoms with E-state index in [1.807, 2.05) is 14.0 Å². The van der Waals surface area contributed by atoms with E-state index in [0.29, 0.717) is 19.8 Å². The van der Waals surface area contributed by atoms with Crippen LogP contribution in [-0.2, 0) is 11.3 Å². The molecule has 1 aromatic rings. The predicted octanol–water partition coefficient (Wildman–Crippen LogP) is 2.34. The van der Waals surface area contributed by atoms with E-state index in [1.165, 1.54) is 4.88 Å². The number of hydrogen-bond donors (Lipinski definition) is 1. The number of aliphatic hydroxyl groups is 1. The van der Waals surface area contributed by atoms with E-state index in [2.05, 4.69) is 32.3 Å². The molecule has 3 nitrogen and oxygen atoms in total. The maximum Gasteiger partial charge on any atom is 0.0900 e. The van der Waals surface area contributed by atoms with E-state index in [9.17, 15) is 5.11 Å². The minimum Gasteiger partial charge on any atom is -0.389 e. The molecule has 1 unspecified atom stereocenters. The summed E-state index contributed by atoms with van der Waals surface area (Å²) in [7, 11) is 2.00. The Balaban J connectivity index is 2.27. The summed E-state index contributed by atoms with van der Waals surface area (Å²) in [5.74, 6) is 0. The highest BCUT2D eigenvalue weighted by atomic mass is 79.9. The number of halogens is 1. The molecule has 0 radical (unpaired) electrons. The quantitative estimate of drug-likeness (QED) is 0.839. The zero-order valence-electron chi connectivity index (χ0n) is 9.65. The summed E-state index contributed by atoms with van der Waals surface area (Å²) in [6.07, 6.45) is -0.409. The first-order chi connectivity index (χ1) is 7.61. The van der Waals surface area contributed by atoms with Crippen molar-refractivity contribution in [2.45, 2.75) is 19.6 Å². The lowest BCUT2D eigenvalue weighted by Gasteiger charge is -2.19. The zero-order chi connectivity index (χ0) is 12.0. The third kappa shape index (κ3) is 5.41. The van der Waals surface area contributed by atoms with Crippen molar-refractivity contribution in [2.75, 3.05) is 26.8 Å². The monoisotopic (exact) mass is 307 g/mol. The van der Waals surface area contributed by atoms with Crippen LogP contribution in [0.15, 0.2) is 15.9 Å². The van der Waals surface area contributed by atoms with Gasteiger partial charge in [0.1, 0.15) is 0 Å². The molecule has 1 heterocycles. The van der Waals surface area contributed by atoms with Gasteiger partial charge >= 0.3 is 0 Å². The third-order valence-electron chi connectivity index (χ3n) is 2.08. The zero-order valence-corrected chi connectivity index (χ0v) is 12.1. The standard InChI is InChI=1S/C11H18BrNO2S/c1-3-15-7-10(14)5-13(2)6-11-4-9(12)8-16-11/h4,8,10,14H,3,5-7H2,1-2H3. The summed E-state index contributed by atoms with van der Waals surface area (Å²) in [6.45, 7) is 4.49. The second-order valence-corrected chi connectivity index (χ2v) is 5.65. The van der Waals surface area contributed by atoms with Crippen molar-refractivity contribution in [2.24, 2.45) is 0 Å². The van der Waals surface area contributed by atoms with Gasteiger partial charge in [-0.15, -0.1) is 11.3 Å². The summed E-state index contributed by atoms with van der Waals surface area (Å²) in [6, 6.07) is 2.11. The molecule has 1 atom stereocenters. The topological polar surface area (TPSA) is 32.7 Å². The maximum absolute atomic E-state index is 9.66.